The molecule has 34 heavy (non-hydrogen) atoms. The first-order valence-corrected chi connectivity index (χ1v) is 12.5. The second-order valence-corrected chi connectivity index (χ2v) is 9.14. The number of nitrogens with zero attached hydrogens (tertiary/aromatic N) is 3. The van der Waals surface area contributed by atoms with Crippen molar-refractivity contribution in [2.45, 2.75) is 78.9 Å². The van der Waals surface area contributed by atoms with E-state index in [-0.39, 0.29) is 30.4 Å². The number of nitrogens with one attached hydrogen (secondary N) is 1. The van der Waals surface area contributed by atoms with Gasteiger partial charge >= 0.3 is 0 Å². The number of carbonyl (C=O) groups excluding carboxylic acids is 2. The first kappa shape index (κ1) is 25.5. The highest BCUT2D eigenvalue weighted by molar-refractivity contribution is 5.94. The van der Waals surface area contributed by atoms with Crippen LogP contribution in [0.3, 0.4) is 0 Å². The Hall–Kier alpha value is -3.15. The Balaban J connectivity index is 1.71. The third-order valence-electron chi connectivity index (χ3n) is 6.62. The van der Waals surface area contributed by atoms with Crippen LogP contribution in [0.5, 0.6) is 0 Å². The number of aromatic nitrogens is 2. The van der Waals surface area contributed by atoms with Gasteiger partial charge in [0.2, 0.25) is 5.91 Å². The van der Waals surface area contributed by atoms with E-state index in [2.05, 4.69) is 37.6 Å². The molecule has 0 saturated heterocycles. The number of aryl methyl sites for hydroxylation is 2. The fourth-order valence-electron chi connectivity index (χ4n) is 4.28. The minimum Gasteiger partial charge on any atom is -0.352 e. The molecule has 182 valence electrons. The zero-order valence-corrected chi connectivity index (χ0v) is 21.2. The number of hydrogen-bond donors (Lipinski definition) is 1. The van der Waals surface area contributed by atoms with E-state index in [1.807, 2.05) is 60.4 Å². The van der Waals surface area contributed by atoms with Gasteiger partial charge in [-0.1, -0.05) is 43.7 Å². The molecule has 1 heterocycles. The molecule has 0 radical (unpaired) electrons. The minimum atomic E-state index is -0.0681. The fraction of sp³-hybridized carbons (Fsp3) is 0.464. The first-order valence-electron chi connectivity index (χ1n) is 12.5. The lowest BCUT2D eigenvalue weighted by molar-refractivity contribution is -0.136. The molecule has 2 amide bonds. The lowest BCUT2D eigenvalue weighted by Gasteiger charge is -2.34. The molecule has 3 rings (SSSR count). The Morgan fingerprint density at radius 3 is 2.29 bits per heavy atom. The van der Waals surface area contributed by atoms with E-state index in [0.717, 1.165) is 41.7 Å². The van der Waals surface area contributed by atoms with Crippen LogP contribution >= 0.6 is 0 Å². The molecule has 2 atom stereocenters. The molecule has 0 aliphatic rings. The molecule has 0 spiro atoms. The van der Waals surface area contributed by atoms with Gasteiger partial charge in [0.15, 0.2) is 0 Å². The Morgan fingerprint density at radius 1 is 1.00 bits per heavy atom. The molecule has 0 aliphatic heterocycles. The molecule has 0 fully saturated rings. The second-order valence-electron chi connectivity index (χ2n) is 9.14. The van der Waals surface area contributed by atoms with E-state index in [4.69, 9.17) is 4.98 Å². The number of fused-ring (bicyclic) bond motifs is 1. The molecule has 6 nitrogen and oxygen atoms in total. The summed E-state index contributed by atoms with van der Waals surface area (Å²) in [7, 11) is 0. The molecule has 1 N–H and O–H groups in total. The predicted molar refractivity (Wildman–Crippen MR) is 138 cm³/mol. The van der Waals surface area contributed by atoms with Crippen molar-refractivity contribution in [2.24, 2.45) is 0 Å². The number of hydrogen-bond acceptors (Lipinski definition) is 3. The van der Waals surface area contributed by atoms with Crippen molar-refractivity contribution in [1.29, 1.82) is 0 Å². The van der Waals surface area contributed by atoms with Crippen LogP contribution in [0.1, 0.15) is 68.7 Å². The summed E-state index contributed by atoms with van der Waals surface area (Å²) in [4.78, 5) is 32.7. The topological polar surface area (TPSA) is 67.2 Å². The number of benzene rings is 2. The predicted octanol–water partition coefficient (Wildman–Crippen LogP) is 5.13. The maximum atomic E-state index is 13.4. The van der Waals surface area contributed by atoms with Crippen LogP contribution < -0.4 is 5.32 Å². The molecule has 2 aromatic carbocycles. The first-order chi connectivity index (χ1) is 16.3. The van der Waals surface area contributed by atoms with Crippen molar-refractivity contribution in [1.82, 2.24) is 19.8 Å². The van der Waals surface area contributed by atoms with E-state index in [0.29, 0.717) is 18.5 Å². The molecule has 0 saturated carbocycles. The zero-order chi connectivity index (χ0) is 24.7. The summed E-state index contributed by atoms with van der Waals surface area (Å²) in [6, 6.07) is 15.9. The average molecular weight is 463 g/mol. The van der Waals surface area contributed by atoms with Gasteiger partial charge in [0.25, 0.3) is 5.91 Å². The summed E-state index contributed by atoms with van der Waals surface area (Å²) in [5, 5.41) is 2.99. The summed E-state index contributed by atoms with van der Waals surface area (Å²) >= 11 is 0. The van der Waals surface area contributed by atoms with Crippen molar-refractivity contribution < 1.29 is 9.59 Å². The quantitative estimate of drug-likeness (QED) is 0.402. The molecule has 3 aromatic rings. The lowest BCUT2D eigenvalue weighted by atomic mass is 10.1. The Morgan fingerprint density at radius 2 is 1.65 bits per heavy atom. The highest BCUT2D eigenvalue weighted by Gasteiger charge is 2.25. The van der Waals surface area contributed by atoms with Gasteiger partial charge in [-0.2, -0.15) is 0 Å². The highest BCUT2D eigenvalue weighted by Crippen LogP contribution is 2.19. The third-order valence-corrected chi connectivity index (χ3v) is 6.62. The molecular weight excluding hydrogens is 424 g/mol. The largest absolute Gasteiger partial charge is 0.352 e. The van der Waals surface area contributed by atoms with Crippen molar-refractivity contribution in [3.8, 4) is 0 Å². The minimum absolute atomic E-state index is 0.0681. The van der Waals surface area contributed by atoms with Crippen LogP contribution in [-0.4, -0.2) is 44.9 Å². The zero-order valence-electron chi connectivity index (χ0n) is 21.2. The standard InChI is InChI=1S/C28H38N4O2/c1-6-21(4)32(22(5)7-2)27(33)19-31-25-12-9-8-11-24(25)30-26(31)13-10-18-29-28(34)23-16-14-20(3)15-17-23/h8-9,11-12,14-17,21-22H,6-7,10,13,18-19H2,1-5H3,(H,29,34). The van der Waals surface area contributed by atoms with E-state index >= 15 is 0 Å². The number of amides is 2. The smallest absolute Gasteiger partial charge is 0.251 e. The monoisotopic (exact) mass is 462 g/mol. The molecule has 0 bridgehead atoms. The van der Waals surface area contributed by atoms with Gasteiger partial charge in [0.1, 0.15) is 12.4 Å². The van der Waals surface area contributed by atoms with E-state index < -0.39 is 0 Å². The number of para-hydroxylation sites is 2. The maximum absolute atomic E-state index is 13.4. The number of imidazole rings is 1. The Labute approximate surface area is 203 Å². The van der Waals surface area contributed by atoms with E-state index in [1.165, 1.54) is 0 Å². The fourth-order valence-corrected chi connectivity index (χ4v) is 4.28. The van der Waals surface area contributed by atoms with Gasteiger partial charge in [-0.05, 0) is 64.3 Å². The van der Waals surface area contributed by atoms with Crippen LogP contribution in [0.4, 0.5) is 0 Å². The Bertz CT molecular complexity index is 1090. The summed E-state index contributed by atoms with van der Waals surface area (Å²) < 4.78 is 2.05. The molecule has 1 aromatic heterocycles. The van der Waals surface area contributed by atoms with Crippen LogP contribution in [0.2, 0.25) is 0 Å². The summed E-state index contributed by atoms with van der Waals surface area (Å²) in [6.07, 6.45) is 3.28. The second kappa shape index (κ2) is 11.8. The lowest BCUT2D eigenvalue weighted by Crippen LogP contribution is -2.45. The summed E-state index contributed by atoms with van der Waals surface area (Å²) in [6.45, 7) is 11.3. The van der Waals surface area contributed by atoms with Gasteiger partial charge in [0.05, 0.1) is 11.0 Å². The summed E-state index contributed by atoms with van der Waals surface area (Å²) in [5.41, 5.74) is 3.67. The normalized spacial score (nSPS) is 13.0. The van der Waals surface area contributed by atoms with Gasteiger partial charge in [0, 0.05) is 30.6 Å². The van der Waals surface area contributed by atoms with E-state index in [9.17, 15) is 9.59 Å². The molecule has 0 aliphatic carbocycles. The van der Waals surface area contributed by atoms with Crippen LogP contribution in [0.15, 0.2) is 48.5 Å². The van der Waals surface area contributed by atoms with Crippen molar-refractivity contribution in [3.05, 3.63) is 65.5 Å². The van der Waals surface area contributed by atoms with Crippen molar-refractivity contribution in [3.63, 3.8) is 0 Å². The third kappa shape index (κ3) is 6.04. The summed E-state index contributed by atoms with van der Waals surface area (Å²) in [5.74, 6) is 0.939. The van der Waals surface area contributed by atoms with Crippen LogP contribution in [0, 0.1) is 6.92 Å². The van der Waals surface area contributed by atoms with Crippen LogP contribution in [-0.2, 0) is 17.8 Å². The number of rotatable bonds is 11. The van der Waals surface area contributed by atoms with Gasteiger partial charge < -0.3 is 14.8 Å². The van der Waals surface area contributed by atoms with Crippen LogP contribution in [0.25, 0.3) is 11.0 Å². The van der Waals surface area contributed by atoms with Gasteiger partial charge in [-0.15, -0.1) is 0 Å². The molecule has 6 heteroatoms. The van der Waals surface area contributed by atoms with Crippen molar-refractivity contribution in [2.75, 3.05) is 6.54 Å². The molecule has 2 unspecified atom stereocenters. The number of carbonyl (C=O) groups is 2. The average Bonchev–Trinajstić information content (AvgIpc) is 3.19. The van der Waals surface area contributed by atoms with Crippen molar-refractivity contribution >= 4 is 22.8 Å². The molecular formula is C28H38N4O2. The maximum Gasteiger partial charge on any atom is 0.251 e. The van der Waals surface area contributed by atoms with E-state index in [1.54, 1.807) is 0 Å². The highest BCUT2D eigenvalue weighted by atomic mass is 16.2. The SMILES string of the molecule is CCC(C)N(C(=O)Cn1c(CCCNC(=O)c2ccc(C)cc2)nc2ccccc21)C(C)CC. The van der Waals surface area contributed by atoms with Gasteiger partial charge in [-0.3, -0.25) is 9.59 Å². The van der Waals surface area contributed by atoms with Gasteiger partial charge in [-0.25, -0.2) is 4.98 Å². The Kier molecular flexibility index (Phi) is 8.85.